The molecule has 1 heterocycles. The first-order chi connectivity index (χ1) is 8.54. The zero-order valence-corrected chi connectivity index (χ0v) is 11.7. The van der Waals surface area contributed by atoms with Crippen LogP contribution in [0.3, 0.4) is 0 Å². The van der Waals surface area contributed by atoms with Crippen LogP contribution >= 0.6 is 11.8 Å². The monoisotopic (exact) mass is 273 g/mol. The van der Waals surface area contributed by atoms with E-state index in [1.54, 1.807) is 16.7 Å². The Morgan fingerprint density at radius 2 is 2.22 bits per heavy atom. The Morgan fingerprint density at radius 3 is 2.83 bits per heavy atom. The van der Waals surface area contributed by atoms with E-state index in [0.717, 1.165) is 31.6 Å². The van der Waals surface area contributed by atoms with Crippen LogP contribution in [-0.4, -0.2) is 47.4 Å². The van der Waals surface area contributed by atoms with Crippen LogP contribution < -0.4 is 11.5 Å². The molecule has 0 aromatic carbocycles. The lowest BCUT2D eigenvalue weighted by atomic mass is 9.97. The summed E-state index contributed by atoms with van der Waals surface area (Å²) < 4.78 is 0. The Morgan fingerprint density at radius 1 is 1.50 bits per heavy atom. The van der Waals surface area contributed by atoms with Crippen LogP contribution in [0.15, 0.2) is 0 Å². The molecule has 2 atom stereocenters. The minimum atomic E-state index is -0.298. The lowest BCUT2D eigenvalue weighted by molar-refractivity contribution is -0.132. The standard InChI is InChI=1S/C12H23N3O2S/c1-2-10(13)7-18-8-11(16)15-5-3-4-9(6-15)12(14)17/h9-10H,2-8,13H2,1H3,(H2,14,17). The van der Waals surface area contributed by atoms with Crippen molar-refractivity contribution in [3.63, 3.8) is 0 Å². The van der Waals surface area contributed by atoms with Crippen molar-refractivity contribution in [1.29, 1.82) is 0 Å². The van der Waals surface area contributed by atoms with Gasteiger partial charge in [0.25, 0.3) is 0 Å². The highest BCUT2D eigenvalue weighted by atomic mass is 32.2. The minimum Gasteiger partial charge on any atom is -0.369 e. The number of likely N-dealkylation sites (tertiary alicyclic amines) is 1. The van der Waals surface area contributed by atoms with Gasteiger partial charge in [0, 0.05) is 24.9 Å². The first-order valence-corrected chi connectivity index (χ1v) is 7.60. The molecule has 2 unspecified atom stereocenters. The van der Waals surface area contributed by atoms with E-state index in [9.17, 15) is 9.59 Å². The van der Waals surface area contributed by atoms with Gasteiger partial charge in [0.2, 0.25) is 11.8 Å². The molecule has 0 radical (unpaired) electrons. The number of primary amides is 1. The van der Waals surface area contributed by atoms with Crippen LogP contribution in [0.2, 0.25) is 0 Å². The summed E-state index contributed by atoms with van der Waals surface area (Å²) >= 11 is 1.56. The maximum absolute atomic E-state index is 11.9. The summed E-state index contributed by atoms with van der Waals surface area (Å²) in [5, 5.41) is 0. The van der Waals surface area contributed by atoms with Gasteiger partial charge < -0.3 is 16.4 Å². The first-order valence-electron chi connectivity index (χ1n) is 6.45. The molecule has 0 aromatic rings. The lowest BCUT2D eigenvalue weighted by Crippen LogP contribution is -2.44. The molecular weight excluding hydrogens is 250 g/mol. The number of carbonyl (C=O) groups is 2. The number of carbonyl (C=O) groups excluding carboxylic acids is 2. The molecule has 1 saturated heterocycles. The third kappa shape index (κ3) is 4.86. The Balaban J connectivity index is 2.30. The molecule has 0 spiro atoms. The van der Waals surface area contributed by atoms with Gasteiger partial charge in [0.05, 0.1) is 11.7 Å². The van der Waals surface area contributed by atoms with E-state index in [1.165, 1.54) is 0 Å². The van der Waals surface area contributed by atoms with Gasteiger partial charge in [0.1, 0.15) is 0 Å². The van der Waals surface area contributed by atoms with Crippen molar-refractivity contribution in [2.24, 2.45) is 17.4 Å². The molecule has 1 aliphatic heterocycles. The number of piperidine rings is 1. The number of amides is 2. The number of nitrogens with two attached hydrogens (primary N) is 2. The second-order valence-corrected chi connectivity index (χ2v) is 5.79. The van der Waals surface area contributed by atoms with E-state index in [4.69, 9.17) is 11.5 Å². The van der Waals surface area contributed by atoms with Crippen molar-refractivity contribution in [3.8, 4) is 0 Å². The number of hydrogen-bond acceptors (Lipinski definition) is 4. The number of thioether (sulfide) groups is 1. The molecule has 0 saturated carbocycles. The molecule has 0 aliphatic carbocycles. The zero-order chi connectivity index (χ0) is 13.5. The Bertz CT molecular complexity index is 299. The fourth-order valence-corrected chi connectivity index (χ4v) is 2.96. The van der Waals surface area contributed by atoms with E-state index >= 15 is 0 Å². The van der Waals surface area contributed by atoms with Crippen molar-refractivity contribution >= 4 is 23.6 Å². The minimum absolute atomic E-state index is 0.0919. The topological polar surface area (TPSA) is 89.4 Å². The van der Waals surface area contributed by atoms with Gasteiger partial charge in [-0.3, -0.25) is 9.59 Å². The highest BCUT2D eigenvalue weighted by molar-refractivity contribution is 7.99. The molecule has 6 heteroatoms. The molecule has 104 valence electrons. The Labute approximate surface area is 113 Å². The average Bonchev–Trinajstić information content (AvgIpc) is 2.38. The van der Waals surface area contributed by atoms with Crippen LogP contribution in [0.4, 0.5) is 0 Å². The Kier molecular flexibility index (Phi) is 6.49. The summed E-state index contributed by atoms with van der Waals surface area (Å²) in [6.07, 6.45) is 2.58. The van der Waals surface area contributed by atoms with Crippen LogP contribution in [0.25, 0.3) is 0 Å². The predicted octanol–water partition coefficient (Wildman–Crippen LogP) is 0.181. The number of rotatable bonds is 6. The van der Waals surface area contributed by atoms with Crippen molar-refractivity contribution in [2.45, 2.75) is 32.2 Å². The molecule has 18 heavy (non-hydrogen) atoms. The summed E-state index contributed by atoms with van der Waals surface area (Å²) in [5.41, 5.74) is 11.1. The Hall–Kier alpha value is -0.750. The molecule has 4 N–H and O–H groups in total. The van der Waals surface area contributed by atoms with Crippen molar-refractivity contribution in [1.82, 2.24) is 4.90 Å². The van der Waals surface area contributed by atoms with E-state index in [-0.39, 0.29) is 23.8 Å². The van der Waals surface area contributed by atoms with Crippen LogP contribution in [0, 0.1) is 5.92 Å². The van der Waals surface area contributed by atoms with Gasteiger partial charge in [-0.25, -0.2) is 0 Å². The van der Waals surface area contributed by atoms with Crippen LogP contribution in [0.5, 0.6) is 0 Å². The normalized spacial score (nSPS) is 21.7. The highest BCUT2D eigenvalue weighted by Gasteiger charge is 2.26. The maximum Gasteiger partial charge on any atom is 0.232 e. The van der Waals surface area contributed by atoms with E-state index in [2.05, 4.69) is 0 Å². The molecule has 1 aliphatic rings. The predicted molar refractivity (Wildman–Crippen MR) is 74.1 cm³/mol. The molecule has 0 aromatic heterocycles. The van der Waals surface area contributed by atoms with Gasteiger partial charge >= 0.3 is 0 Å². The average molecular weight is 273 g/mol. The number of nitrogens with zero attached hydrogens (tertiary/aromatic N) is 1. The third-order valence-corrected chi connectivity index (χ3v) is 4.37. The smallest absolute Gasteiger partial charge is 0.232 e. The van der Waals surface area contributed by atoms with E-state index in [0.29, 0.717) is 12.3 Å². The van der Waals surface area contributed by atoms with Crippen LogP contribution in [0.1, 0.15) is 26.2 Å². The van der Waals surface area contributed by atoms with Crippen molar-refractivity contribution in [3.05, 3.63) is 0 Å². The zero-order valence-electron chi connectivity index (χ0n) is 10.9. The van der Waals surface area contributed by atoms with Crippen LogP contribution in [-0.2, 0) is 9.59 Å². The molecular formula is C12H23N3O2S. The summed E-state index contributed by atoms with van der Waals surface area (Å²) in [7, 11) is 0. The third-order valence-electron chi connectivity index (χ3n) is 3.26. The highest BCUT2D eigenvalue weighted by Crippen LogP contribution is 2.17. The maximum atomic E-state index is 11.9. The second-order valence-electron chi connectivity index (χ2n) is 4.76. The fraction of sp³-hybridized carbons (Fsp3) is 0.833. The fourth-order valence-electron chi connectivity index (χ4n) is 1.94. The molecule has 1 fully saturated rings. The summed E-state index contributed by atoms with van der Waals surface area (Å²) in [6.45, 7) is 3.26. The number of hydrogen-bond donors (Lipinski definition) is 2. The van der Waals surface area contributed by atoms with Gasteiger partial charge in [-0.2, -0.15) is 11.8 Å². The van der Waals surface area contributed by atoms with Gasteiger partial charge in [-0.15, -0.1) is 0 Å². The first kappa shape index (κ1) is 15.3. The lowest BCUT2D eigenvalue weighted by Gasteiger charge is -2.31. The second kappa shape index (κ2) is 7.63. The van der Waals surface area contributed by atoms with Gasteiger partial charge in [0.15, 0.2) is 0 Å². The summed E-state index contributed by atoms with van der Waals surface area (Å²) in [4.78, 5) is 24.8. The quantitative estimate of drug-likeness (QED) is 0.722. The molecule has 0 bridgehead atoms. The molecule has 5 nitrogen and oxygen atoms in total. The van der Waals surface area contributed by atoms with E-state index in [1.807, 2.05) is 6.92 Å². The van der Waals surface area contributed by atoms with Crippen molar-refractivity contribution in [2.75, 3.05) is 24.6 Å². The van der Waals surface area contributed by atoms with E-state index < -0.39 is 0 Å². The van der Waals surface area contributed by atoms with Gasteiger partial charge in [-0.05, 0) is 19.3 Å². The summed E-state index contributed by atoms with van der Waals surface area (Å²) in [5.74, 6) is 0.863. The SMILES string of the molecule is CCC(N)CSCC(=O)N1CCCC(C(N)=O)C1. The summed E-state index contributed by atoms with van der Waals surface area (Å²) in [6, 6.07) is 0.155. The molecule has 2 amide bonds. The van der Waals surface area contributed by atoms with Gasteiger partial charge in [-0.1, -0.05) is 6.92 Å². The molecule has 1 rings (SSSR count). The largest absolute Gasteiger partial charge is 0.369 e. The van der Waals surface area contributed by atoms with Crippen molar-refractivity contribution < 1.29 is 9.59 Å².